The Bertz CT molecular complexity index is 1090. The van der Waals surface area contributed by atoms with E-state index in [9.17, 15) is 19.5 Å². The van der Waals surface area contributed by atoms with Gasteiger partial charge in [0.25, 0.3) is 5.91 Å². The van der Waals surface area contributed by atoms with Gasteiger partial charge in [-0.25, -0.2) is 4.79 Å². The maximum atomic E-state index is 12.8. The van der Waals surface area contributed by atoms with Crippen molar-refractivity contribution in [1.29, 1.82) is 0 Å². The minimum atomic E-state index is -1.15. The molecule has 0 aliphatic carbocycles. The van der Waals surface area contributed by atoms with E-state index in [0.29, 0.717) is 17.1 Å². The summed E-state index contributed by atoms with van der Waals surface area (Å²) in [6.07, 6.45) is 3.24. The van der Waals surface area contributed by atoms with Crippen molar-refractivity contribution in [3.05, 3.63) is 33.1 Å². The molecule has 4 rings (SSSR count). The number of β-lactam (4-membered cyclic amide) rings is 1. The molecule has 1 fully saturated rings. The summed E-state index contributed by atoms with van der Waals surface area (Å²) in [4.78, 5) is 38.6. The number of carbonyl (C=O) groups is 3. The first-order valence-electron chi connectivity index (χ1n) is 9.09. The topological polar surface area (TPSA) is 130 Å². The number of aromatic nitrogens is 4. The molecule has 0 unspecified atom stereocenters. The third kappa shape index (κ3) is 4.38. The van der Waals surface area contributed by atoms with Gasteiger partial charge in [0.05, 0.1) is 10.7 Å². The minimum Gasteiger partial charge on any atom is -0.477 e. The Morgan fingerprint density at radius 2 is 2.23 bits per heavy atom. The van der Waals surface area contributed by atoms with E-state index in [2.05, 4.69) is 36.5 Å². The number of nitrogens with one attached hydrogen (secondary N) is 1. The number of carbonyl (C=O) groups excluding carboxylic acids is 2. The summed E-state index contributed by atoms with van der Waals surface area (Å²) in [6, 6.07) is -1.38. The Morgan fingerprint density at radius 1 is 1.45 bits per heavy atom. The Labute approximate surface area is 198 Å². The smallest absolute Gasteiger partial charge is 0.352 e. The molecule has 0 bridgehead atoms. The van der Waals surface area contributed by atoms with Crippen molar-refractivity contribution in [2.75, 3.05) is 11.5 Å². The molecule has 14 heteroatoms. The van der Waals surface area contributed by atoms with Gasteiger partial charge in [0.1, 0.15) is 28.2 Å². The van der Waals surface area contributed by atoms with Crippen molar-refractivity contribution in [2.24, 2.45) is 0 Å². The lowest BCUT2D eigenvalue weighted by Crippen LogP contribution is -2.71. The van der Waals surface area contributed by atoms with Crippen LogP contribution < -0.4 is 5.32 Å². The molecule has 164 valence electrons. The number of halogens is 1. The number of fused-ring (bicyclic) bond motifs is 1. The molecule has 31 heavy (non-hydrogen) atoms. The number of nitrogens with zero attached hydrogens (tertiary/aromatic N) is 5. The maximum absolute atomic E-state index is 12.8. The van der Waals surface area contributed by atoms with Gasteiger partial charge in [-0.3, -0.25) is 19.2 Å². The number of carboxylic acid groups (broad SMARTS) is 1. The van der Waals surface area contributed by atoms with Gasteiger partial charge in [0.15, 0.2) is 4.34 Å². The highest BCUT2D eigenvalue weighted by Crippen LogP contribution is 2.41. The number of rotatable bonds is 7. The molecule has 0 radical (unpaired) electrons. The van der Waals surface area contributed by atoms with Crippen LogP contribution in [0.1, 0.15) is 18.0 Å². The summed E-state index contributed by atoms with van der Waals surface area (Å²) in [6.45, 7) is 3.53. The van der Waals surface area contributed by atoms with Gasteiger partial charge in [0, 0.05) is 17.7 Å². The summed E-state index contributed by atoms with van der Waals surface area (Å²) >= 11 is 7.57. The number of hydrogen-bond acceptors (Lipinski definition) is 9. The van der Waals surface area contributed by atoms with E-state index in [1.54, 1.807) is 19.3 Å². The highest BCUT2D eigenvalue weighted by atomic mass is 79.9. The highest BCUT2D eigenvalue weighted by Gasteiger charge is 2.54. The standard InChI is InChI=1S/C17H17BrN6O4S3/c1-7(23-4-10(18)3-19-23)13(25)20-11-14(26)24-12(16(27)28)9(5-29-15(11)24)6-30-17-22-21-8(2)31-17/h3-4,7,11,15H,5-6H2,1-2H3,(H,20,25)(H,27,28)/t7-,11+,15+/m1/s1. The predicted octanol–water partition coefficient (Wildman–Crippen LogP) is 1.90. The summed E-state index contributed by atoms with van der Waals surface area (Å²) in [7, 11) is 0. The molecule has 2 aromatic heterocycles. The molecule has 2 aliphatic rings. The predicted molar refractivity (Wildman–Crippen MR) is 120 cm³/mol. The van der Waals surface area contributed by atoms with E-state index >= 15 is 0 Å². The molecule has 0 saturated carbocycles. The third-order valence-corrected chi connectivity index (χ3v) is 8.58. The molecule has 0 aromatic carbocycles. The Balaban J connectivity index is 1.45. The summed E-state index contributed by atoms with van der Waals surface area (Å²) in [5, 5.41) is 25.0. The first kappa shape index (κ1) is 22.3. The lowest BCUT2D eigenvalue weighted by atomic mass is 10.0. The maximum Gasteiger partial charge on any atom is 0.352 e. The third-order valence-electron chi connectivity index (χ3n) is 4.77. The van der Waals surface area contributed by atoms with Crippen LogP contribution in [0.2, 0.25) is 0 Å². The molecule has 4 heterocycles. The monoisotopic (exact) mass is 544 g/mol. The molecule has 3 atom stereocenters. The average molecular weight is 545 g/mol. The molecular weight excluding hydrogens is 528 g/mol. The average Bonchev–Trinajstić information content (AvgIpc) is 3.36. The van der Waals surface area contributed by atoms with Crippen molar-refractivity contribution in [1.82, 2.24) is 30.2 Å². The number of carboxylic acids is 1. The Morgan fingerprint density at radius 3 is 2.84 bits per heavy atom. The second kappa shape index (κ2) is 8.92. The second-order valence-electron chi connectivity index (χ2n) is 6.84. The zero-order chi connectivity index (χ0) is 22.3. The first-order valence-corrected chi connectivity index (χ1v) is 12.7. The van der Waals surface area contributed by atoms with Crippen LogP contribution in [-0.4, -0.2) is 70.7 Å². The lowest BCUT2D eigenvalue weighted by Gasteiger charge is -2.49. The van der Waals surface area contributed by atoms with Crippen molar-refractivity contribution in [2.45, 2.75) is 35.6 Å². The van der Waals surface area contributed by atoms with E-state index < -0.39 is 29.3 Å². The van der Waals surface area contributed by atoms with Gasteiger partial charge >= 0.3 is 5.97 Å². The van der Waals surface area contributed by atoms with Crippen LogP contribution in [0.4, 0.5) is 0 Å². The van der Waals surface area contributed by atoms with Gasteiger partial charge in [-0.2, -0.15) is 5.10 Å². The van der Waals surface area contributed by atoms with Crippen LogP contribution >= 0.6 is 50.8 Å². The molecular formula is C17H17BrN6O4S3. The van der Waals surface area contributed by atoms with Gasteiger partial charge in [-0.1, -0.05) is 23.1 Å². The van der Waals surface area contributed by atoms with Crippen molar-refractivity contribution >= 4 is 68.6 Å². The molecule has 2 N–H and O–H groups in total. The molecule has 10 nitrogen and oxygen atoms in total. The van der Waals surface area contributed by atoms with Gasteiger partial charge < -0.3 is 10.4 Å². The fourth-order valence-corrected chi connectivity index (χ4v) is 6.80. The molecule has 2 aromatic rings. The fraction of sp³-hybridized carbons (Fsp3) is 0.412. The van der Waals surface area contributed by atoms with Crippen molar-refractivity contribution in [3.8, 4) is 0 Å². The molecule has 2 amide bonds. The van der Waals surface area contributed by atoms with Crippen LogP contribution in [0.15, 0.2) is 32.5 Å². The normalized spacial score (nSPS) is 21.5. The number of amides is 2. The second-order valence-corrected chi connectivity index (χ2v) is 11.3. The largest absolute Gasteiger partial charge is 0.477 e. The SMILES string of the molecule is Cc1nnc(SCC2=C(C(=O)O)N3C(=O)[C@H](NC(=O)[C@@H](C)n4cc(Br)cn4)[C@@H]3SC2)s1. The van der Waals surface area contributed by atoms with E-state index in [4.69, 9.17) is 0 Å². The van der Waals surface area contributed by atoms with Crippen LogP contribution in [0.3, 0.4) is 0 Å². The zero-order valence-corrected chi connectivity index (χ0v) is 20.3. The Hall–Kier alpha value is -1.90. The van der Waals surface area contributed by atoms with E-state index in [1.807, 2.05) is 6.92 Å². The van der Waals surface area contributed by atoms with E-state index in [-0.39, 0.29) is 11.6 Å². The van der Waals surface area contributed by atoms with E-state index in [1.165, 1.54) is 44.4 Å². The van der Waals surface area contributed by atoms with Crippen molar-refractivity contribution < 1.29 is 19.5 Å². The number of aliphatic carboxylic acids is 1. The molecule has 2 aliphatic heterocycles. The summed E-state index contributed by atoms with van der Waals surface area (Å²) in [5.41, 5.74) is 0.650. The van der Waals surface area contributed by atoms with E-state index in [0.717, 1.165) is 13.8 Å². The quantitative estimate of drug-likeness (QED) is 0.396. The Kier molecular flexibility index (Phi) is 6.42. The summed E-state index contributed by atoms with van der Waals surface area (Å²) < 4.78 is 2.98. The van der Waals surface area contributed by atoms with Gasteiger partial charge in [0.2, 0.25) is 5.91 Å². The minimum absolute atomic E-state index is 0.00274. The van der Waals surface area contributed by atoms with Gasteiger partial charge in [-0.05, 0) is 35.4 Å². The van der Waals surface area contributed by atoms with Crippen LogP contribution in [0, 0.1) is 6.92 Å². The first-order chi connectivity index (χ1) is 14.8. The summed E-state index contributed by atoms with van der Waals surface area (Å²) in [5.74, 6) is -1.08. The highest BCUT2D eigenvalue weighted by molar-refractivity contribution is 9.10. The lowest BCUT2D eigenvalue weighted by molar-refractivity contribution is -0.151. The van der Waals surface area contributed by atoms with Crippen LogP contribution in [-0.2, 0) is 14.4 Å². The number of thioether (sulfide) groups is 2. The zero-order valence-electron chi connectivity index (χ0n) is 16.3. The molecule has 0 spiro atoms. The van der Waals surface area contributed by atoms with Gasteiger partial charge in [-0.15, -0.1) is 22.0 Å². The molecule has 1 saturated heterocycles. The number of aryl methyl sites for hydroxylation is 1. The number of hydrogen-bond donors (Lipinski definition) is 2. The van der Waals surface area contributed by atoms with Crippen molar-refractivity contribution in [3.63, 3.8) is 0 Å². The van der Waals surface area contributed by atoms with Crippen LogP contribution in [0.25, 0.3) is 0 Å². The fourth-order valence-electron chi connectivity index (χ4n) is 3.20. The van der Waals surface area contributed by atoms with Crippen LogP contribution in [0.5, 0.6) is 0 Å².